The number of sulfonamides is 1. The molecule has 0 amide bonds. The summed E-state index contributed by atoms with van der Waals surface area (Å²) in [6.45, 7) is 3.89. The maximum absolute atomic E-state index is 11.7. The minimum Gasteiger partial charge on any atom is -0.327 e. The summed E-state index contributed by atoms with van der Waals surface area (Å²) in [5, 5.41) is 3.16. The van der Waals surface area contributed by atoms with E-state index < -0.39 is 10.0 Å². The second-order valence-electron chi connectivity index (χ2n) is 5.04. The van der Waals surface area contributed by atoms with E-state index in [1.807, 2.05) is 24.3 Å². The Bertz CT molecular complexity index is 707. The molecule has 1 heterocycles. The number of benzene rings is 1. The van der Waals surface area contributed by atoms with E-state index in [9.17, 15) is 8.42 Å². The molecule has 2 rings (SSSR count). The first-order valence-corrected chi connectivity index (χ1v) is 8.61. The summed E-state index contributed by atoms with van der Waals surface area (Å²) in [7, 11) is -0.0544. The molecule has 0 unspecified atom stereocenters. The zero-order chi connectivity index (χ0) is 15.5. The minimum atomic E-state index is -3.15. The van der Waals surface area contributed by atoms with Crippen LogP contribution in [0.2, 0.25) is 0 Å². The van der Waals surface area contributed by atoms with Gasteiger partial charge in [0.2, 0.25) is 10.0 Å². The Morgan fingerprint density at radius 2 is 2.00 bits per heavy atom. The zero-order valence-electron chi connectivity index (χ0n) is 12.7. The van der Waals surface area contributed by atoms with Crippen molar-refractivity contribution in [2.24, 2.45) is 0 Å². The normalized spacial score (nSPS) is 12.4. The van der Waals surface area contributed by atoms with Crippen molar-refractivity contribution < 1.29 is 8.42 Å². The average molecular weight is 310 g/mol. The van der Waals surface area contributed by atoms with Gasteiger partial charge in [-0.25, -0.2) is 17.7 Å². The second-order valence-corrected chi connectivity index (χ2v) is 7.34. The Morgan fingerprint density at radius 1 is 1.29 bits per heavy atom. The van der Waals surface area contributed by atoms with Crippen molar-refractivity contribution in [2.45, 2.75) is 20.0 Å². The fraction of sp³-hybridized carbons (Fsp3) is 0.500. The molecule has 0 atom stereocenters. The summed E-state index contributed by atoms with van der Waals surface area (Å²) in [4.78, 5) is 4.59. The summed E-state index contributed by atoms with van der Waals surface area (Å²) in [6.07, 6.45) is 0. The van der Waals surface area contributed by atoms with E-state index >= 15 is 0 Å². The van der Waals surface area contributed by atoms with Crippen molar-refractivity contribution in [1.82, 2.24) is 19.2 Å². The van der Waals surface area contributed by atoms with Crippen LogP contribution in [0.25, 0.3) is 11.0 Å². The van der Waals surface area contributed by atoms with Gasteiger partial charge in [0.25, 0.3) is 0 Å². The van der Waals surface area contributed by atoms with Crippen LogP contribution in [0, 0.1) is 0 Å². The number of imidazole rings is 1. The van der Waals surface area contributed by atoms with E-state index in [0.717, 1.165) is 23.4 Å². The number of nitrogens with one attached hydrogen (secondary N) is 1. The van der Waals surface area contributed by atoms with Crippen molar-refractivity contribution >= 4 is 21.1 Å². The van der Waals surface area contributed by atoms with Gasteiger partial charge >= 0.3 is 0 Å². The molecule has 2 aromatic rings. The van der Waals surface area contributed by atoms with Crippen LogP contribution < -0.4 is 5.32 Å². The van der Waals surface area contributed by atoms with Gasteiger partial charge < -0.3 is 9.88 Å². The van der Waals surface area contributed by atoms with Crippen LogP contribution >= 0.6 is 0 Å². The van der Waals surface area contributed by atoms with Gasteiger partial charge in [-0.05, 0) is 19.1 Å². The standard InChI is InChI=1S/C14H22N4O2S/c1-4-18-13-8-6-5-7-12(13)16-14(18)11-15-9-10-21(19,20)17(2)3/h5-8,15H,4,9-11H2,1-3H3. The second kappa shape index (κ2) is 6.55. The van der Waals surface area contributed by atoms with Gasteiger partial charge in [0.1, 0.15) is 5.82 Å². The molecule has 1 N–H and O–H groups in total. The van der Waals surface area contributed by atoms with Crippen LogP contribution in [0.1, 0.15) is 12.7 Å². The summed E-state index contributed by atoms with van der Waals surface area (Å²) < 4.78 is 26.7. The molecular weight excluding hydrogens is 288 g/mol. The van der Waals surface area contributed by atoms with E-state index in [0.29, 0.717) is 13.1 Å². The van der Waals surface area contributed by atoms with Gasteiger partial charge in [0.15, 0.2) is 0 Å². The number of rotatable bonds is 7. The Balaban J connectivity index is 2.01. The van der Waals surface area contributed by atoms with Crippen LogP contribution in [-0.4, -0.2) is 48.7 Å². The molecule has 1 aromatic carbocycles. The highest BCUT2D eigenvalue weighted by atomic mass is 32.2. The molecule has 0 saturated carbocycles. The number of aryl methyl sites for hydroxylation is 1. The molecular formula is C14H22N4O2S. The van der Waals surface area contributed by atoms with Gasteiger partial charge in [-0.3, -0.25) is 0 Å². The molecule has 0 aliphatic rings. The molecule has 0 saturated heterocycles. The van der Waals surface area contributed by atoms with Crippen LogP contribution in [0.3, 0.4) is 0 Å². The lowest BCUT2D eigenvalue weighted by Gasteiger charge is -2.12. The zero-order valence-corrected chi connectivity index (χ0v) is 13.5. The van der Waals surface area contributed by atoms with Gasteiger partial charge in [-0.2, -0.15) is 0 Å². The molecule has 6 nitrogen and oxygen atoms in total. The third-order valence-corrected chi connectivity index (χ3v) is 5.26. The van der Waals surface area contributed by atoms with Crippen LogP contribution in [0.4, 0.5) is 0 Å². The van der Waals surface area contributed by atoms with Crippen molar-refractivity contribution in [3.05, 3.63) is 30.1 Å². The first-order valence-electron chi connectivity index (χ1n) is 7.00. The van der Waals surface area contributed by atoms with E-state index in [1.165, 1.54) is 4.31 Å². The van der Waals surface area contributed by atoms with Gasteiger partial charge in [0, 0.05) is 27.2 Å². The largest absolute Gasteiger partial charge is 0.327 e. The van der Waals surface area contributed by atoms with Crippen LogP contribution in [0.15, 0.2) is 24.3 Å². The maximum atomic E-state index is 11.7. The van der Waals surface area contributed by atoms with Gasteiger partial charge in [0.05, 0.1) is 23.3 Å². The highest BCUT2D eigenvalue weighted by molar-refractivity contribution is 7.89. The predicted octanol–water partition coefficient (Wildman–Crippen LogP) is 1.04. The maximum Gasteiger partial charge on any atom is 0.214 e. The average Bonchev–Trinajstić information content (AvgIpc) is 2.80. The molecule has 21 heavy (non-hydrogen) atoms. The monoisotopic (exact) mass is 310 g/mol. The SMILES string of the molecule is CCn1c(CNCCS(=O)(=O)N(C)C)nc2ccccc21. The predicted molar refractivity (Wildman–Crippen MR) is 84.6 cm³/mol. The Labute approximate surface area is 125 Å². The summed E-state index contributed by atoms with van der Waals surface area (Å²) in [5.74, 6) is 1.02. The molecule has 0 fully saturated rings. The number of nitrogens with zero attached hydrogens (tertiary/aromatic N) is 3. The lowest BCUT2D eigenvalue weighted by molar-refractivity contribution is 0.516. The lowest BCUT2D eigenvalue weighted by atomic mass is 10.3. The number of hydrogen-bond acceptors (Lipinski definition) is 4. The molecule has 0 bridgehead atoms. The third-order valence-electron chi connectivity index (χ3n) is 3.43. The first kappa shape index (κ1) is 15.9. The van der Waals surface area contributed by atoms with Gasteiger partial charge in [-0.15, -0.1) is 0 Å². The number of para-hydroxylation sites is 2. The summed E-state index contributed by atoms with van der Waals surface area (Å²) >= 11 is 0. The number of fused-ring (bicyclic) bond motifs is 1. The highest BCUT2D eigenvalue weighted by Gasteiger charge is 2.13. The first-order chi connectivity index (χ1) is 9.95. The summed E-state index contributed by atoms with van der Waals surface area (Å²) in [5.41, 5.74) is 2.08. The quantitative estimate of drug-likeness (QED) is 0.776. The molecule has 0 spiro atoms. The fourth-order valence-electron chi connectivity index (χ4n) is 2.20. The molecule has 0 aliphatic heterocycles. The van der Waals surface area contributed by atoms with E-state index in [1.54, 1.807) is 14.1 Å². The Kier molecular flexibility index (Phi) is 4.97. The minimum absolute atomic E-state index is 0.0896. The van der Waals surface area contributed by atoms with Crippen LogP contribution in [-0.2, 0) is 23.1 Å². The topological polar surface area (TPSA) is 67.2 Å². The molecule has 0 radical (unpaired) electrons. The van der Waals surface area contributed by atoms with E-state index in [4.69, 9.17) is 0 Å². The van der Waals surface area contributed by atoms with Crippen LogP contribution in [0.5, 0.6) is 0 Å². The molecule has 7 heteroatoms. The Hall–Kier alpha value is -1.44. The third kappa shape index (κ3) is 3.61. The van der Waals surface area contributed by atoms with Crippen molar-refractivity contribution in [2.75, 3.05) is 26.4 Å². The lowest BCUT2D eigenvalue weighted by Crippen LogP contribution is -2.31. The summed E-state index contributed by atoms with van der Waals surface area (Å²) in [6, 6.07) is 8.00. The van der Waals surface area contributed by atoms with Crippen molar-refractivity contribution in [3.8, 4) is 0 Å². The molecule has 1 aromatic heterocycles. The number of hydrogen-bond donors (Lipinski definition) is 1. The highest BCUT2D eigenvalue weighted by Crippen LogP contribution is 2.15. The van der Waals surface area contributed by atoms with E-state index in [-0.39, 0.29) is 5.75 Å². The van der Waals surface area contributed by atoms with Crippen molar-refractivity contribution in [3.63, 3.8) is 0 Å². The fourth-order valence-corrected chi connectivity index (χ4v) is 2.96. The molecule has 0 aliphatic carbocycles. The van der Waals surface area contributed by atoms with Crippen molar-refractivity contribution in [1.29, 1.82) is 0 Å². The molecule has 116 valence electrons. The Morgan fingerprint density at radius 3 is 2.67 bits per heavy atom. The van der Waals surface area contributed by atoms with E-state index in [2.05, 4.69) is 21.8 Å². The number of aromatic nitrogens is 2. The van der Waals surface area contributed by atoms with Gasteiger partial charge in [-0.1, -0.05) is 12.1 Å². The smallest absolute Gasteiger partial charge is 0.214 e.